The average Bonchev–Trinajstić information content (AvgIpc) is 2.28. The Morgan fingerprint density at radius 3 is 2.82 bits per heavy atom. The molecule has 0 spiro atoms. The van der Waals surface area contributed by atoms with Crippen LogP contribution in [-0.4, -0.2) is 17.8 Å². The van der Waals surface area contributed by atoms with Crippen molar-refractivity contribution < 1.29 is 0 Å². The highest BCUT2D eigenvalue weighted by atomic mass is 35.5. The van der Waals surface area contributed by atoms with Gasteiger partial charge in [0.15, 0.2) is 0 Å². The zero-order valence-electron chi connectivity index (χ0n) is 10.3. The minimum Gasteiger partial charge on any atom is -0.303 e. The zero-order chi connectivity index (χ0) is 12.9. The Morgan fingerprint density at radius 2 is 2.29 bits per heavy atom. The maximum atomic E-state index is 9.10. The summed E-state index contributed by atoms with van der Waals surface area (Å²) in [6.07, 6.45) is 0.789. The molecule has 1 aromatic carbocycles. The predicted octanol–water partition coefficient (Wildman–Crippen LogP) is 3.71. The second-order valence-electron chi connectivity index (χ2n) is 4.28. The lowest BCUT2D eigenvalue weighted by Gasteiger charge is -2.24. The summed E-state index contributed by atoms with van der Waals surface area (Å²) in [6, 6.07) is 10.1. The molecule has 17 heavy (non-hydrogen) atoms. The maximum absolute atomic E-state index is 9.10. The summed E-state index contributed by atoms with van der Waals surface area (Å²) in [6.45, 7) is 4.04. The van der Waals surface area contributed by atoms with Crippen LogP contribution in [0.25, 0.3) is 0 Å². The first-order valence-corrected chi connectivity index (χ1v) is 6.77. The van der Waals surface area contributed by atoms with Gasteiger partial charge < -0.3 is 5.32 Å². The van der Waals surface area contributed by atoms with Crippen molar-refractivity contribution in [3.63, 3.8) is 0 Å². The van der Waals surface area contributed by atoms with Crippen molar-refractivity contribution in [2.45, 2.75) is 36.0 Å². The number of thioether (sulfide) groups is 1. The third-order valence-electron chi connectivity index (χ3n) is 2.63. The Morgan fingerprint density at radius 1 is 1.59 bits per heavy atom. The largest absolute Gasteiger partial charge is 0.303 e. The van der Waals surface area contributed by atoms with Crippen molar-refractivity contribution in [1.82, 2.24) is 5.32 Å². The average molecular weight is 269 g/mol. The number of nitrogens with one attached hydrogen (secondary N) is 1. The van der Waals surface area contributed by atoms with E-state index in [1.807, 2.05) is 38.2 Å². The van der Waals surface area contributed by atoms with Gasteiger partial charge in [0.05, 0.1) is 6.07 Å². The highest BCUT2D eigenvalue weighted by molar-refractivity contribution is 8.00. The van der Waals surface area contributed by atoms with E-state index in [9.17, 15) is 0 Å². The van der Waals surface area contributed by atoms with Gasteiger partial charge >= 0.3 is 0 Å². The van der Waals surface area contributed by atoms with E-state index in [1.165, 1.54) is 0 Å². The standard InChI is InChI=1S/C13H17ClN2S/c1-10(8-13(2,9-15)16-3)17-12-6-4-5-11(14)7-12/h4-7,10,16H,8H2,1-3H3. The number of hydrogen-bond acceptors (Lipinski definition) is 3. The Bertz CT molecular complexity index is 416. The van der Waals surface area contributed by atoms with Crippen LogP contribution < -0.4 is 5.32 Å². The second-order valence-corrected chi connectivity index (χ2v) is 6.23. The number of nitrogens with zero attached hydrogens (tertiary/aromatic N) is 1. The molecule has 0 heterocycles. The van der Waals surface area contributed by atoms with E-state index in [1.54, 1.807) is 11.8 Å². The first kappa shape index (κ1) is 14.4. The van der Waals surface area contributed by atoms with Gasteiger partial charge in [-0.1, -0.05) is 24.6 Å². The van der Waals surface area contributed by atoms with Gasteiger partial charge in [-0.15, -0.1) is 11.8 Å². The molecule has 0 aliphatic rings. The fraction of sp³-hybridized carbons (Fsp3) is 0.462. The van der Waals surface area contributed by atoms with Crippen molar-refractivity contribution in [2.24, 2.45) is 0 Å². The number of rotatable bonds is 5. The molecule has 1 N–H and O–H groups in total. The highest BCUT2D eigenvalue weighted by Crippen LogP contribution is 2.29. The smallest absolute Gasteiger partial charge is 0.104 e. The molecule has 0 aliphatic carbocycles. The number of benzene rings is 1. The lowest BCUT2D eigenvalue weighted by atomic mass is 9.98. The van der Waals surface area contributed by atoms with Crippen LogP contribution in [0.2, 0.25) is 5.02 Å². The monoisotopic (exact) mass is 268 g/mol. The van der Waals surface area contributed by atoms with Crippen molar-refractivity contribution in [3.05, 3.63) is 29.3 Å². The molecule has 92 valence electrons. The topological polar surface area (TPSA) is 35.8 Å². The summed E-state index contributed by atoms with van der Waals surface area (Å²) < 4.78 is 0. The van der Waals surface area contributed by atoms with Gasteiger partial charge in [-0.25, -0.2) is 0 Å². The minimum absolute atomic E-state index is 0.352. The first-order valence-electron chi connectivity index (χ1n) is 5.51. The van der Waals surface area contributed by atoms with E-state index in [2.05, 4.69) is 18.3 Å². The molecule has 0 fully saturated rings. The van der Waals surface area contributed by atoms with Gasteiger partial charge in [0.1, 0.15) is 5.54 Å². The molecule has 0 saturated heterocycles. The van der Waals surface area contributed by atoms with Crippen LogP contribution in [-0.2, 0) is 0 Å². The van der Waals surface area contributed by atoms with Gasteiger partial charge in [-0.2, -0.15) is 5.26 Å². The third-order valence-corrected chi connectivity index (χ3v) is 3.96. The molecule has 4 heteroatoms. The van der Waals surface area contributed by atoms with Crippen LogP contribution in [0.5, 0.6) is 0 Å². The molecular formula is C13H17ClN2S. The lowest BCUT2D eigenvalue weighted by molar-refractivity contribution is 0.455. The molecule has 0 amide bonds. The van der Waals surface area contributed by atoms with Gasteiger partial charge in [-0.3, -0.25) is 0 Å². The van der Waals surface area contributed by atoms with Crippen LogP contribution in [0.15, 0.2) is 29.2 Å². The van der Waals surface area contributed by atoms with E-state index >= 15 is 0 Å². The van der Waals surface area contributed by atoms with E-state index in [4.69, 9.17) is 16.9 Å². The van der Waals surface area contributed by atoms with Gasteiger partial charge in [0.25, 0.3) is 0 Å². The molecule has 1 aromatic rings. The number of halogens is 1. The Balaban J connectivity index is 2.62. The van der Waals surface area contributed by atoms with Crippen molar-refractivity contribution in [3.8, 4) is 6.07 Å². The fourth-order valence-corrected chi connectivity index (χ4v) is 3.08. The Hall–Kier alpha value is -0.690. The SMILES string of the molecule is CNC(C)(C#N)CC(C)Sc1cccc(Cl)c1. The third kappa shape index (κ3) is 4.59. The van der Waals surface area contributed by atoms with E-state index in [0.29, 0.717) is 5.25 Å². The van der Waals surface area contributed by atoms with E-state index in [-0.39, 0.29) is 0 Å². The minimum atomic E-state index is -0.467. The normalized spacial score (nSPS) is 15.9. The number of nitriles is 1. The lowest BCUT2D eigenvalue weighted by Crippen LogP contribution is -2.40. The van der Waals surface area contributed by atoms with Crippen molar-refractivity contribution in [1.29, 1.82) is 5.26 Å². The number of hydrogen-bond donors (Lipinski definition) is 1. The Kier molecular flexibility index (Phi) is 5.32. The van der Waals surface area contributed by atoms with Crippen LogP contribution in [0.3, 0.4) is 0 Å². The first-order chi connectivity index (χ1) is 7.99. The van der Waals surface area contributed by atoms with Crippen LogP contribution in [0.4, 0.5) is 0 Å². The van der Waals surface area contributed by atoms with Crippen molar-refractivity contribution >= 4 is 23.4 Å². The predicted molar refractivity (Wildman–Crippen MR) is 74.5 cm³/mol. The van der Waals surface area contributed by atoms with Gasteiger partial charge in [-0.05, 0) is 38.6 Å². The summed E-state index contributed by atoms with van der Waals surface area (Å²) in [7, 11) is 1.82. The molecule has 0 saturated carbocycles. The zero-order valence-corrected chi connectivity index (χ0v) is 11.9. The summed E-state index contributed by atoms with van der Waals surface area (Å²) in [4.78, 5) is 1.14. The van der Waals surface area contributed by atoms with E-state index in [0.717, 1.165) is 16.3 Å². The molecular weight excluding hydrogens is 252 g/mol. The van der Waals surface area contributed by atoms with Crippen LogP contribution in [0.1, 0.15) is 20.3 Å². The quantitative estimate of drug-likeness (QED) is 0.827. The molecule has 0 aliphatic heterocycles. The summed E-state index contributed by atoms with van der Waals surface area (Å²) in [5.41, 5.74) is -0.467. The molecule has 0 aromatic heterocycles. The summed E-state index contributed by atoms with van der Waals surface area (Å²) in [5.74, 6) is 0. The van der Waals surface area contributed by atoms with Crippen LogP contribution in [0, 0.1) is 11.3 Å². The molecule has 1 rings (SSSR count). The summed E-state index contributed by atoms with van der Waals surface area (Å²) in [5, 5.41) is 13.3. The highest BCUT2D eigenvalue weighted by Gasteiger charge is 2.24. The van der Waals surface area contributed by atoms with Gasteiger partial charge in [0, 0.05) is 15.2 Å². The fourth-order valence-electron chi connectivity index (χ4n) is 1.59. The van der Waals surface area contributed by atoms with Gasteiger partial charge in [0.2, 0.25) is 0 Å². The van der Waals surface area contributed by atoms with Crippen LogP contribution >= 0.6 is 23.4 Å². The van der Waals surface area contributed by atoms with Crippen molar-refractivity contribution in [2.75, 3.05) is 7.05 Å². The molecule has 2 atom stereocenters. The molecule has 0 bridgehead atoms. The summed E-state index contributed by atoms with van der Waals surface area (Å²) >= 11 is 7.68. The van der Waals surface area contributed by atoms with E-state index < -0.39 is 5.54 Å². The molecule has 2 unspecified atom stereocenters. The maximum Gasteiger partial charge on any atom is 0.104 e. The second kappa shape index (κ2) is 6.30. The molecule has 2 nitrogen and oxygen atoms in total. The molecule has 0 radical (unpaired) electrons. The Labute approximate surface area is 112 Å².